The first-order valence-corrected chi connectivity index (χ1v) is 6.41. The van der Waals surface area contributed by atoms with E-state index in [1.165, 1.54) is 0 Å². The van der Waals surface area contributed by atoms with Crippen LogP contribution in [0.5, 0.6) is 11.5 Å². The van der Waals surface area contributed by atoms with Crippen molar-refractivity contribution < 1.29 is 9.84 Å². The Hall–Kier alpha value is -1.07. The second-order valence-electron chi connectivity index (χ2n) is 3.83. The van der Waals surface area contributed by atoms with E-state index in [1.54, 1.807) is 0 Å². The van der Waals surface area contributed by atoms with Gasteiger partial charge in [0.1, 0.15) is 11.5 Å². The van der Waals surface area contributed by atoms with Gasteiger partial charge in [-0.2, -0.15) is 0 Å². The topological polar surface area (TPSA) is 29.5 Å². The zero-order valence-electron chi connectivity index (χ0n) is 9.48. The van der Waals surface area contributed by atoms with Crippen LogP contribution in [0.25, 0.3) is 0 Å². The minimum Gasteiger partial charge on any atom is -0.457 e. The van der Waals surface area contributed by atoms with Crippen molar-refractivity contribution in [2.45, 2.75) is 13.5 Å². The molecule has 0 aliphatic carbocycles. The molecule has 0 fully saturated rings. The van der Waals surface area contributed by atoms with Crippen LogP contribution in [0.3, 0.4) is 0 Å². The van der Waals surface area contributed by atoms with Crippen LogP contribution >= 0.6 is 22.6 Å². The number of aryl methyl sites for hydroxylation is 1. The van der Waals surface area contributed by atoms with E-state index in [2.05, 4.69) is 22.6 Å². The molecule has 0 saturated carbocycles. The Morgan fingerprint density at radius 3 is 2.71 bits per heavy atom. The van der Waals surface area contributed by atoms with Crippen LogP contribution in [-0.2, 0) is 6.61 Å². The Kier molecular flexibility index (Phi) is 4.02. The average molecular weight is 340 g/mol. The molecule has 0 spiro atoms. The molecule has 0 saturated heterocycles. The Morgan fingerprint density at radius 1 is 1.18 bits per heavy atom. The summed E-state index contributed by atoms with van der Waals surface area (Å²) in [6.07, 6.45) is 0. The van der Waals surface area contributed by atoms with Crippen LogP contribution in [0.2, 0.25) is 0 Å². The average Bonchev–Trinajstić information content (AvgIpc) is 2.31. The summed E-state index contributed by atoms with van der Waals surface area (Å²) in [4.78, 5) is 0. The third kappa shape index (κ3) is 3.20. The second-order valence-corrected chi connectivity index (χ2v) is 5.07. The summed E-state index contributed by atoms with van der Waals surface area (Å²) in [5, 5.41) is 9.29. The number of ether oxygens (including phenoxy) is 1. The van der Waals surface area contributed by atoms with Gasteiger partial charge < -0.3 is 9.84 Å². The maximum Gasteiger partial charge on any atom is 0.132 e. The summed E-state index contributed by atoms with van der Waals surface area (Å²) in [6, 6.07) is 13.6. The Bertz CT molecular complexity index is 523. The lowest BCUT2D eigenvalue weighted by atomic mass is 10.1. The van der Waals surface area contributed by atoms with Crippen molar-refractivity contribution in [3.63, 3.8) is 0 Å². The van der Waals surface area contributed by atoms with E-state index >= 15 is 0 Å². The minimum atomic E-state index is -0.0130. The summed E-state index contributed by atoms with van der Waals surface area (Å²) in [5.41, 5.74) is 1.92. The van der Waals surface area contributed by atoms with Crippen LogP contribution < -0.4 is 4.74 Å². The van der Waals surface area contributed by atoms with Gasteiger partial charge in [-0.25, -0.2) is 0 Å². The zero-order chi connectivity index (χ0) is 12.3. The van der Waals surface area contributed by atoms with E-state index < -0.39 is 0 Å². The molecule has 0 unspecified atom stereocenters. The predicted octanol–water partition coefficient (Wildman–Crippen LogP) is 3.88. The summed E-state index contributed by atoms with van der Waals surface area (Å²) >= 11 is 2.24. The molecule has 2 aromatic carbocycles. The van der Waals surface area contributed by atoms with Gasteiger partial charge >= 0.3 is 0 Å². The first-order chi connectivity index (χ1) is 8.19. The zero-order valence-corrected chi connectivity index (χ0v) is 11.6. The molecule has 2 aromatic rings. The minimum absolute atomic E-state index is 0.0130. The highest BCUT2D eigenvalue weighted by Crippen LogP contribution is 2.27. The second kappa shape index (κ2) is 5.51. The van der Waals surface area contributed by atoms with Crippen LogP contribution in [0.4, 0.5) is 0 Å². The number of halogens is 1. The van der Waals surface area contributed by atoms with Gasteiger partial charge in [-0.3, -0.25) is 0 Å². The van der Waals surface area contributed by atoms with Crippen molar-refractivity contribution in [1.82, 2.24) is 0 Å². The maximum atomic E-state index is 9.29. The van der Waals surface area contributed by atoms with Gasteiger partial charge in [-0.05, 0) is 53.8 Å². The van der Waals surface area contributed by atoms with Crippen LogP contribution in [-0.4, -0.2) is 5.11 Å². The van der Waals surface area contributed by atoms with E-state index in [0.29, 0.717) is 5.75 Å². The molecule has 88 valence electrons. The standard InChI is InChI=1S/C14H13IO2/c1-10-5-6-14(11(7-10)9-16)17-13-4-2-3-12(15)8-13/h2-8,16H,9H2,1H3. The molecule has 17 heavy (non-hydrogen) atoms. The van der Waals surface area contributed by atoms with Crippen LogP contribution in [0.1, 0.15) is 11.1 Å². The van der Waals surface area contributed by atoms with Gasteiger partial charge in [0.25, 0.3) is 0 Å². The first kappa shape index (κ1) is 12.4. The lowest BCUT2D eigenvalue weighted by Crippen LogP contribution is -1.92. The number of benzene rings is 2. The highest BCUT2D eigenvalue weighted by atomic mass is 127. The quantitative estimate of drug-likeness (QED) is 0.860. The third-order valence-electron chi connectivity index (χ3n) is 2.41. The summed E-state index contributed by atoms with van der Waals surface area (Å²) < 4.78 is 6.89. The molecule has 2 nitrogen and oxygen atoms in total. The van der Waals surface area contributed by atoms with Crippen molar-refractivity contribution in [3.8, 4) is 11.5 Å². The fourth-order valence-electron chi connectivity index (χ4n) is 1.59. The summed E-state index contributed by atoms with van der Waals surface area (Å²) in [6.45, 7) is 1.98. The molecule has 3 heteroatoms. The van der Waals surface area contributed by atoms with Crippen LogP contribution in [0.15, 0.2) is 42.5 Å². The summed E-state index contributed by atoms with van der Waals surface area (Å²) in [5.74, 6) is 1.50. The highest BCUT2D eigenvalue weighted by molar-refractivity contribution is 14.1. The maximum absolute atomic E-state index is 9.29. The highest BCUT2D eigenvalue weighted by Gasteiger charge is 2.04. The van der Waals surface area contributed by atoms with E-state index in [1.807, 2.05) is 49.4 Å². The predicted molar refractivity (Wildman–Crippen MR) is 76.3 cm³/mol. The number of aliphatic hydroxyl groups is 1. The molecule has 0 aliphatic rings. The van der Waals surface area contributed by atoms with E-state index in [4.69, 9.17) is 4.74 Å². The van der Waals surface area contributed by atoms with Crippen molar-refractivity contribution >= 4 is 22.6 Å². The molecule has 0 radical (unpaired) electrons. The fourth-order valence-corrected chi connectivity index (χ4v) is 2.10. The first-order valence-electron chi connectivity index (χ1n) is 5.33. The smallest absolute Gasteiger partial charge is 0.132 e. The molecular formula is C14H13IO2. The Labute approximate surface area is 114 Å². The summed E-state index contributed by atoms with van der Waals surface area (Å²) in [7, 11) is 0. The molecule has 0 heterocycles. The number of hydrogen-bond acceptors (Lipinski definition) is 2. The van der Waals surface area contributed by atoms with Gasteiger partial charge in [0, 0.05) is 9.13 Å². The fraction of sp³-hybridized carbons (Fsp3) is 0.143. The monoisotopic (exact) mass is 340 g/mol. The number of hydrogen-bond donors (Lipinski definition) is 1. The van der Waals surface area contributed by atoms with E-state index in [0.717, 1.165) is 20.4 Å². The molecule has 0 aromatic heterocycles. The molecule has 0 amide bonds. The molecule has 0 aliphatic heterocycles. The Balaban J connectivity index is 2.29. The third-order valence-corrected chi connectivity index (χ3v) is 3.08. The SMILES string of the molecule is Cc1ccc(Oc2cccc(I)c2)c(CO)c1. The number of rotatable bonds is 3. The normalized spacial score (nSPS) is 10.3. The Morgan fingerprint density at radius 2 is 2.00 bits per heavy atom. The van der Waals surface area contributed by atoms with Crippen molar-refractivity contribution in [2.24, 2.45) is 0 Å². The van der Waals surface area contributed by atoms with Gasteiger partial charge in [0.2, 0.25) is 0 Å². The molecular weight excluding hydrogens is 327 g/mol. The molecule has 0 bridgehead atoms. The largest absolute Gasteiger partial charge is 0.457 e. The van der Waals surface area contributed by atoms with Crippen molar-refractivity contribution in [2.75, 3.05) is 0 Å². The lowest BCUT2D eigenvalue weighted by Gasteiger charge is -2.10. The molecule has 0 atom stereocenters. The van der Waals surface area contributed by atoms with Crippen molar-refractivity contribution in [3.05, 3.63) is 57.2 Å². The lowest BCUT2D eigenvalue weighted by molar-refractivity contribution is 0.276. The number of aliphatic hydroxyl groups excluding tert-OH is 1. The van der Waals surface area contributed by atoms with E-state index in [-0.39, 0.29) is 6.61 Å². The molecule has 2 rings (SSSR count). The van der Waals surface area contributed by atoms with E-state index in [9.17, 15) is 5.11 Å². The van der Waals surface area contributed by atoms with Gasteiger partial charge in [0.05, 0.1) is 6.61 Å². The van der Waals surface area contributed by atoms with Gasteiger partial charge in [0.15, 0.2) is 0 Å². The van der Waals surface area contributed by atoms with Crippen molar-refractivity contribution in [1.29, 1.82) is 0 Å². The van der Waals surface area contributed by atoms with Gasteiger partial charge in [-0.15, -0.1) is 0 Å². The molecule has 1 N–H and O–H groups in total. The van der Waals surface area contributed by atoms with Gasteiger partial charge in [-0.1, -0.05) is 23.8 Å². The van der Waals surface area contributed by atoms with Crippen LogP contribution in [0, 0.1) is 10.5 Å².